The van der Waals surface area contributed by atoms with Crippen LogP contribution in [-0.2, 0) is 4.74 Å². The fraction of sp³-hybridized carbons (Fsp3) is 0.333. The second-order valence-corrected chi connectivity index (χ2v) is 4.83. The van der Waals surface area contributed by atoms with Gasteiger partial charge in [-0.25, -0.2) is 9.07 Å². The summed E-state index contributed by atoms with van der Waals surface area (Å²) in [7, 11) is 0. The quantitative estimate of drug-likeness (QED) is 0.842. The summed E-state index contributed by atoms with van der Waals surface area (Å²) in [6, 6.07) is 6.21. The second kappa shape index (κ2) is 5.43. The molecule has 1 aliphatic rings. The maximum Gasteiger partial charge on any atom is 0.150 e. The van der Waals surface area contributed by atoms with Crippen LogP contribution in [0.3, 0.4) is 0 Å². The molecule has 3 rings (SSSR count). The number of nitrogens with zero attached hydrogens (tertiary/aromatic N) is 3. The highest BCUT2D eigenvalue weighted by atomic mass is 19.1. The van der Waals surface area contributed by atoms with E-state index in [0.717, 1.165) is 31.4 Å². The van der Waals surface area contributed by atoms with E-state index in [1.165, 1.54) is 18.2 Å². The molecule has 0 saturated carbocycles. The molecule has 0 N–H and O–H groups in total. The van der Waals surface area contributed by atoms with Crippen LogP contribution in [0.2, 0.25) is 0 Å². The minimum Gasteiger partial charge on any atom is -0.357 e. The smallest absolute Gasteiger partial charge is 0.150 e. The average Bonchev–Trinajstić information content (AvgIpc) is 2.98. The Morgan fingerprint density at radius 1 is 1.40 bits per heavy atom. The predicted octanol–water partition coefficient (Wildman–Crippen LogP) is 3.26. The maximum atomic E-state index is 13.4. The number of hydrogen-bond donors (Lipinski definition) is 0. The van der Waals surface area contributed by atoms with Gasteiger partial charge in [-0.15, -0.1) is 0 Å². The van der Waals surface area contributed by atoms with E-state index in [0.29, 0.717) is 11.1 Å². The molecule has 1 atom stereocenters. The maximum absolute atomic E-state index is 13.4. The van der Waals surface area contributed by atoms with Gasteiger partial charge in [-0.2, -0.15) is 10.4 Å². The van der Waals surface area contributed by atoms with E-state index in [9.17, 15) is 4.39 Å². The van der Waals surface area contributed by atoms with Crippen LogP contribution >= 0.6 is 0 Å². The molecule has 20 heavy (non-hydrogen) atoms. The normalized spacial score (nSPS) is 18.7. The Kier molecular flexibility index (Phi) is 3.48. The van der Waals surface area contributed by atoms with Gasteiger partial charge < -0.3 is 4.74 Å². The first-order valence-corrected chi connectivity index (χ1v) is 6.64. The molecule has 1 aromatic carbocycles. The summed E-state index contributed by atoms with van der Waals surface area (Å²) in [4.78, 5) is 0. The minimum atomic E-state index is -0.360. The van der Waals surface area contributed by atoms with E-state index in [-0.39, 0.29) is 12.0 Å². The van der Waals surface area contributed by atoms with Crippen LogP contribution in [-0.4, -0.2) is 16.4 Å². The third-order valence-electron chi connectivity index (χ3n) is 3.47. The van der Waals surface area contributed by atoms with Crippen LogP contribution in [0.1, 0.15) is 31.1 Å². The molecule has 0 aliphatic carbocycles. The van der Waals surface area contributed by atoms with Gasteiger partial charge in [0.2, 0.25) is 0 Å². The average molecular weight is 271 g/mol. The molecule has 1 aliphatic heterocycles. The lowest BCUT2D eigenvalue weighted by Gasteiger charge is -2.22. The molecule has 0 spiro atoms. The van der Waals surface area contributed by atoms with E-state index in [1.54, 1.807) is 10.9 Å². The summed E-state index contributed by atoms with van der Waals surface area (Å²) in [5.41, 5.74) is 1.74. The number of aromatic nitrogens is 2. The molecule has 102 valence electrons. The van der Waals surface area contributed by atoms with Gasteiger partial charge in [-0.3, -0.25) is 0 Å². The van der Waals surface area contributed by atoms with Crippen molar-refractivity contribution < 1.29 is 9.13 Å². The van der Waals surface area contributed by atoms with Crippen molar-refractivity contribution in [3.63, 3.8) is 0 Å². The summed E-state index contributed by atoms with van der Waals surface area (Å²) in [5, 5.41) is 13.4. The number of hydrogen-bond acceptors (Lipinski definition) is 3. The lowest BCUT2D eigenvalue weighted by Crippen LogP contribution is -2.18. The first kappa shape index (κ1) is 12.8. The van der Waals surface area contributed by atoms with E-state index in [1.807, 2.05) is 6.20 Å². The van der Waals surface area contributed by atoms with E-state index < -0.39 is 0 Å². The van der Waals surface area contributed by atoms with Crippen molar-refractivity contribution in [1.29, 1.82) is 5.26 Å². The van der Waals surface area contributed by atoms with E-state index in [2.05, 4.69) is 11.2 Å². The zero-order chi connectivity index (χ0) is 13.9. The Labute approximate surface area is 116 Å². The minimum absolute atomic E-state index is 0.0587. The Morgan fingerprint density at radius 3 is 3.05 bits per heavy atom. The fourth-order valence-electron chi connectivity index (χ4n) is 2.42. The summed E-state index contributed by atoms with van der Waals surface area (Å²) in [6.45, 7) is 0.739. The first-order valence-electron chi connectivity index (χ1n) is 6.64. The Hall–Kier alpha value is -2.19. The molecule has 2 aromatic rings. The Bertz CT molecular complexity index is 653. The molecule has 0 radical (unpaired) electrons. The molecule has 1 saturated heterocycles. The monoisotopic (exact) mass is 271 g/mol. The van der Waals surface area contributed by atoms with Crippen LogP contribution < -0.4 is 0 Å². The summed E-state index contributed by atoms with van der Waals surface area (Å²) < 4.78 is 20.8. The van der Waals surface area contributed by atoms with Crippen LogP contribution in [0.4, 0.5) is 4.39 Å². The number of nitriles is 1. The van der Waals surface area contributed by atoms with Crippen LogP contribution in [0.15, 0.2) is 30.6 Å². The molecule has 2 heterocycles. The number of rotatable bonds is 2. The highest BCUT2D eigenvalue weighted by Crippen LogP contribution is 2.27. The molecule has 0 amide bonds. The van der Waals surface area contributed by atoms with Crippen LogP contribution in [0, 0.1) is 17.1 Å². The van der Waals surface area contributed by atoms with Gasteiger partial charge in [0.1, 0.15) is 12.0 Å². The third-order valence-corrected chi connectivity index (χ3v) is 3.47. The topological polar surface area (TPSA) is 50.8 Å². The van der Waals surface area contributed by atoms with Crippen LogP contribution in [0.5, 0.6) is 0 Å². The van der Waals surface area contributed by atoms with Gasteiger partial charge in [0.05, 0.1) is 17.8 Å². The molecule has 5 heteroatoms. The number of ether oxygens (including phenoxy) is 1. The molecule has 0 bridgehead atoms. The summed E-state index contributed by atoms with van der Waals surface area (Å²) in [5.74, 6) is -0.360. The van der Waals surface area contributed by atoms with Crippen molar-refractivity contribution in [1.82, 2.24) is 9.78 Å². The van der Waals surface area contributed by atoms with Crippen LogP contribution in [0.25, 0.3) is 11.1 Å². The van der Waals surface area contributed by atoms with Gasteiger partial charge >= 0.3 is 0 Å². The molecule has 1 aromatic heterocycles. The summed E-state index contributed by atoms with van der Waals surface area (Å²) >= 11 is 0. The first-order chi connectivity index (χ1) is 9.78. The second-order valence-electron chi connectivity index (χ2n) is 4.83. The van der Waals surface area contributed by atoms with Gasteiger partial charge in [0.25, 0.3) is 0 Å². The van der Waals surface area contributed by atoms with E-state index >= 15 is 0 Å². The zero-order valence-corrected chi connectivity index (χ0v) is 10.9. The van der Waals surface area contributed by atoms with Crippen molar-refractivity contribution in [3.05, 3.63) is 42.0 Å². The van der Waals surface area contributed by atoms with E-state index in [4.69, 9.17) is 10.00 Å². The SMILES string of the molecule is N#Cc1ccc(F)cc1-c1cnn(C2CCCCO2)c1. The van der Waals surface area contributed by atoms with Gasteiger partial charge in [0.15, 0.2) is 0 Å². The summed E-state index contributed by atoms with van der Waals surface area (Å²) in [6.07, 6.45) is 6.52. The molecule has 1 unspecified atom stereocenters. The van der Waals surface area contributed by atoms with Gasteiger partial charge in [0, 0.05) is 23.9 Å². The third kappa shape index (κ3) is 2.43. The van der Waals surface area contributed by atoms with Crippen molar-refractivity contribution in [2.75, 3.05) is 6.61 Å². The van der Waals surface area contributed by atoms with Crippen molar-refractivity contribution in [3.8, 4) is 17.2 Å². The Morgan fingerprint density at radius 2 is 2.30 bits per heavy atom. The van der Waals surface area contributed by atoms with Crippen molar-refractivity contribution in [2.24, 2.45) is 0 Å². The van der Waals surface area contributed by atoms with Gasteiger partial charge in [-0.1, -0.05) is 0 Å². The zero-order valence-electron chi connectivity index (χ0n) is 10.9. The standard InChI is InChI=1S/C15H14FN3O/c16-13-5-4-11(8-17)14(7-13)12-9-18-19(10-12)15-3-1-2-6-20-15/h4-5,7,9-10,15H,1-3,6H2. The number of benzene rings is 1. The molecule has 1 fully saturated rings. The lowest BCUT2D eigenvalue weighted by atomic mass is 10.0. The number of halogens is 1. The predicted molar refractivity (Wildman–Crippen MR) is 71.2 cm³/mol. The Balaban J connectivity index is 1.94. The fourth-order valence-corrected chi connectivity index (χ4v) is 2.42. The molecular formula is C15H14FN3O. The highest BCUT2D eigenvalue weighted by molar-refractivity contribution is 5.69. The highest BCUT2D eigenvalue weighted by Gasteiger charge is 2.17. The van der Waals surface area contributed by atoms with Gasteiger partial charge in [-0.05, 0) is 37.5 Å². The van der Waals surface area contributed by atoms with Crippen molar-refractivity contribution in [2.45, 2.75) is 25.5 Å². The largest absolute Gasteiger partial charge is 0.357 e. The van der Waals surface area contributed by atoms with Crippen molar-refractivity contribution >= 4 is 0 Å². The lowest BCUT2D eigenvalue weighted by molar-refractivity contribution is -0.0394. The molecular weight excluding hydrogens is 257 g/mol. The molecule has 4 nitrogen and oxygen atoms in total.